The maximum atomic E-state index is 6.07. The molecule has 82 valence electrons. The van der Waals surface area contributed by atoms with E-state index < -0.39 is 0 Å². The number of nitrogens with zero attached hydrogens (tertiary/aromatic N) is 1. The molecule has 0 aromatic rings. The first-order valence-electron chi connectivity index (χ1n) is 5.90. The van der Waals surface area contributed by atoms with Crippen molar-refractivity contribution in [1.82, 2.24) is 4.90 Å². The molecule has 1 saturated heterocycles. The van der Waals surface area contributed by atoms with Crippen LogP contribution in [0, 0.1) is 11.3 Å². The Hall–Kier alpha value is -0.0800. The van der Waals surface area contributed by atoms with Gasteiger partial charge in [-0.15, -0.1) is 0 Å². The van der Waals surface area contributed by atoms with Crippen LogP contribution in [0.4, 0.5) is 0 Å². The molecule has 1 saturated carbocycles. The van der Waals surface area contributed by atoms with Gasteiger partial charge in [-0.1, -0.05) is 13.8 Å². The third kappa shape index (κ3) is 1.31. The van der Waals surface area contributed by atoms with Crippen molar-refractivity contribution in [3.8, 4) is 0 Å². The molecule has 1 aliphatic carbocycles. The molecule has 0 amide bonds. The summed E-state index contributed by atoms with van der Waals surface area (Å²) in [6, 6.07) is 0.470. The molecule has 0 radical (unpaired) electrons. The van der Waals surface area contributed by atoms with E-state index in [2.05, 4.69) is 32.6 Å². The first-order valence-corrected chi connectivity index (χ1v) is 5.90. The molecule has 0 aromatic carbocycles. The predicted octanol–water partition coefficient (Wildman–Crippen LogP) is 1.84. The lowest BCUT2D eigenvalue weighted by atomic mass is 9.60. The molecule has 2 aliphatic rings. The van der Waals surface area contributed by atoms with Crippen LogP contribution >= 0.6 is 0 Å². The Labute approximate surface area is 87.8 Å². The predicted molar refractivity (Wildman–Crippen MR) is 60.1 cm³/mol. The highest BCUT2D eigenvalue weighted by Crippen LogP contribution is 2.52. The molecule has 3 atom stereocenters. The Morgan fingerprint density at radius 1 is 1.50 bits per heavy atom. The van der Waals surface area contributed by atoms with E-state index in [0.717, 1.165) is 5.92 Å². The van der Waals surface area contributed by atoms with Gasteiger partial charge in [0.25, 0.3) is 0 Å². The molecule has 2 rings (SSSR count). The largest absolute Gasteiger partial charge is 0.327 e. The number of rotatable bonds is 2. The molecular formula is C12H24N2. The minimum Gasteiger partial charge on any atom is -0.327 e. The molecule has 1 aliphatic heterocycles. The van der Waals surface area contributed by atoms with Crippen molar-refractivity contribution in [2.24, 2.45) is 17.1 Å². The van der Waals surface area contributed by atoms with Crippen LogP contribution in [0.25, 0.3) is 0 Å². The highest BCUT2D eigenvalue weighted by Gasteiger charge is 2.56. The minimum atomic E-state index is 0.361. The average molecular weight is 196 g/mol. The SMILES string of the molecule is CCC(C)(C)N1CC2C(N)CC2(C)C1. The van der Waals surface area contributed by atoms with E-state index in [1.165, 1.54) is 25.9 Å². The summed E-state index contributed by atoms with van der Waals surface area (Å²) in [5.41, 5.74) is 6.96. The van der Waals surface area contributed by atoms with Gasteiger partial charge in [0.15, 0.2) is 0 Å². The van der Waals surface area contributed by atoms with Gasteiger partial charge >= 0.3 is 0 Å². The van der Waals surface area contributed by atoms with E-state index in [4.69, 9.17) is 5.73 Å². The van der Waals surface area contributed by atoms with Gasteiger partial charge in [-0.25, -0.2) is 0 Å². The Morgan fingerprint density at radius 3 is 2.57 bits per heavy atom. The molecule has 2 heteroatoms. The van der Waals surface area contributed by atoms with Crippen LogP contribution in [0.5, 0.6) is 0 Å². The van der Waals surface area contributed by atoms with Crippen LogP contribution in [-0.2, 0) is 0 Å². The fraction of sp³-hybridized carbons (Fsp3) is 1.00. The van der Waals surface area contributed by atoms with Crippen molar-refractivity contribution in [3.05, 3.63) is 0 Å². The molecule has 1 heterocycles. The molecule has 0 spiro atoms. The van der Waals surface area contributed by atoms with Crippen molar-refractivity contribution < 1.29 is 0 Å². The average Bonchev–Trinajstić information content (AvgIpc) is 2.38. The Kier molecular flexibility index (Phi) is 2.20. The second-order valence-corrected chi connectivity index (χ2v) is 6.18. The van der Waals surface area contributed by atoms with Gasteiger partial charge < -0.3 is 5.73 Å². The highest BCUT2D eigenvalue weighted by molar-refractivity contribution is 5.10. The van der Waals surface area contributed by atoms with E-state index in [-0.39, 0.29) is 0 Å². The maximum absolute atomic E-state index is 6.07. The quantitative estimate of drug-likeness (QED) is 0.730. The van der Waals surface area contributed by atoms with Crippen LogP contribution in [0.3, 0.4) is 0 Å². The lowest BCUT2D eigenvalue weighted by Crippen LogP contribution is -2.53. The molecule has 0 bridgehead atoms. The van der Waals surface area contributed by atoms with Gasteiger partial charge in [0.05, 0.1) is 0 Å². The van der Waals surface area contributed by atoms with Gasteiger partial charge in [-0.2, -0.15) is 0 Å². The van der Waals surface area contributed by atoms with Gasteiger partial charge in [0.1, 0.15) is 0 Å². The van der Waals surface area contributed by atoms with Gasteiger partial charge in [-0.05, 0) is 38.0 Å². The molecule has 2 fully saturated rings. The van der Waals surface area contributed by atoms with Crippen molar-refractivity contribution >= 4 is 0 Å². The first kappa shape index (κ1) is 10.4. The second-order valence-electron chi connectivity index (χ2n) is 6.18. The van der Waals surface area contributed by atoms with Crippen molar-refractivity contribution in [2.45, 2.75) is 52.1 Å². The Balaban J connectivity index is 2.08. The van der Waals surface area contributed by atoms with Crippen LogP contribution in [-0.4, -0.2) is 29.6 Å². The van der Waals surface area contributed by atoms with Gasteiger partial charge in [0, 0.05) is 24.7 Å². The van der Waals surface area contributed by atoms with E-state index in [1.54, 1.807) is 0 Å². The van der Waals surface area contributed by atoms with Gasteiger partial charge in [-0.3, -0.25) is 4.90 Å². The van der Waals surface area contributed by atoms with E-state index >= 15 is 0 Å². The topological polar surface area (TPSA) is 29.3 Å². The highest BCUT2D eigenvalue weighted by atomic mass is 15.2. The zero-order chi connectivity index (χ0) is 10.6. The number of fused-ring (bicyclic) bond motifs is 1. The fourth-order valence-electron chi connectivity index (χ4n) is 3.15. The fourth-order valence-corrected chi connectivity index (χ4v) is 3.15. The Bertz CT molecular complexity index is 236. The smallest absolute Gasteiger partial charge is 0.0151 e. The summed E-state index contributed by atoms with van der Waals surface area (Å²) in [7, 11) is 0. The zero-order valence-electron chi connectivity index (χ0n) is 10.0. The molecular weight excluding hydrogens is 172 g/mol. The summed E-state index contributed by atoms with van der Waals surface area (Å²) in [5, 5.41) is 0. The summed E-state index contributed by atoms with van der Waals surface area (Å²) >= 11 is 0. The van der Waals surface area contributed by atoms with Crippen molar-refractivity contribution in [2.75, 3.05) is 13.1 Å². The van der Waals surface area contributed by atoms with E-state index in [0.29, 0.717) is 17.0 Å². The molecule has 2 nitrogen and oxygen atoms in total. The van der Waals surface area contributed by atoms with Crippen LogP contribution in [0.1, 0.15) is 40.5 Å². The number of hydrogen-bond donors (Lipinski definition) is 1. The molecule has 2 N–H and O–H groups in total. The standard InChI is InChI=1S/C12H24N2/c1-5-11(2,3)14-7-9-10(13)6-12(9,4)8-14/h9-10H,5-8,13H2,1-4H3. The minimum absolute atomic E-state index is 0.361. The van der Waals surface area contributed by atoms with E-state index in [9.17, 15) is 0 Å². The van der Waals surface area contributed by atoms with Crippen LogP contribution in [0.15, 0.2) is 0 Å². The number of likely N-dealkylation sites (tertiary alicyclic amines) is 1. The summed E-state index contributed by atoms with van der Waals surface area (Å²) in [4.78, 5) is 2.64. The molecule has 0 aromatic heterocycles. The van der Waals surface area contributed by atoms with Gasteiger partial charge in [0.2, 0.25) is 0 Å². The summed E-state index contributed by atoms with van der Waals surface area (Å²) in [6.45, 7) is 11.9. The lowest BCUT2D eigenvalue weighted by Gasteiger charge is -2.46. The summed E-state index contributed by atoms with van der Waals surface area (Å²) in [6.07, 6.45) is 2.46. The Morgan fingerprint density at radius 2 is 2.14 bits per heavy atom. The summed E-state index contributed by atoms with van der Waals surface area (Å²) < 4.78 is 0. The monoisotopic (exact) mass is 196 g/mol. The van der Waals surface area contributed by atoms with Crippen molar-refractivity contribution in [1.29, 1.82) is 0 Å². The second kappa shape index (κ2) is 2.96. The number of hydrogen-bond acceptors (Lipinski definition) is 2. The third-order valence-corrected chi connectivity index (χ3v) is 4.80. The zero-order valence-corrected chi connectivity index (χ0v) is 10.0. The maximum Gasteiger partial charge on any atom is 0.0151 e. The first-order chi connectivity index (χ1) is 6.39. The third-order valence-electron chi connectivity index (χ3n) is 4.80. The molecule has 3 unspecified atom stereocenters. The normalized spacial score (nSPS) is 43.5. The van der Waals surface area contributed by atoms with Crippen LogP contribution < -0.4 is 5.73 Å². The summed E-state index contributed by atoms with van der Waals surface area (Å²) in [5.74, 6) is 0.758. The van der Waals surface area contributed by atoms with Crippen molar-refractivity contribution in [3.63, 3.8) is 0 Å². The van der Waals surface area contributed by atoms with Crippen LogP contribution in [0.2, 0.25) is 0 Å². The van der Waals surface area contributed by atoms with E-state index in [1.807, 2.05) is 0 Å². The lowest BCUT2D eigenvalue weighted by molar-refractivity contribution is 0.0728. The molecule has 14 heavy (non-hydrogen) atoms. The number of nitrogens with two attached hydrogens (primary N) is 1.